The fourth-order valence-electron chi connectivity index (χ4n) is 5.93. The molecule has 6 rings (SSSR count). The van der Waals surface area contributed by atoms with Crippen LogP contribution in [-0.2, 0) is 21.3 Å². The second kappa shape index (κ2) is 9.44. The standard InChI is InChI=1S/C29H30N4O7/c1-31-13-15-32(16-14-31)29(39,40)18-7-5-17(6-8-18)28(37,38)21-9-10-22-25-19(21)3-2-4-20(25)27(36)33(22)23-11-12-24(34)30-26(23)35/h2-10,23,37-40H,11-16H2,1H3,(H,30,34,35). The van der Waals surface area contributed by atoms with E-state index in [4.69, 9.17) is 0 Å². The normalized spacial score (nSPS) is 20.9. The van der Waals surface area contributed by atoms with Crippen molar-refractivity contribution in [3.8, 4) is 0 Å². The summed E-state index contributed by atoms with van der Waals surface area (Å²) in [7, 11) is 1.97. The van der Waals surface area contributed by atoms with Crippen LogP contribution in [0.4, 0.5) is 5.69 Å². The Morgan fingerprint density at radius 3 is 2.20 bits per heavy atom. The van der Waals surface area contributed by atoms with E-state index in [9.17, 15) is 34.8 Å². The van der Waals surface area contributed by atoms with Gasteiger partial charge in [-0.1, -0.05) is 42.5 Å². The van der Waals surface area contributed by atoms with Crippen LogP contribution in [0, 0.1) is 0 Å². The van der Waals surface area contributed by atoms with Gasteiger partial charge in [0.25, 0.3) is 11.8 Å². The Labute approximate surface area is 229 Å². The third kappa shape index (κ3) is 4.10. The van der Waals surface area contributed by atoms with E-state index in [1.807, 2.05) is 7.05 Å². The highest BCUT2D eigenvalue weighted by Crippen LogP contribution is 2.44. The van der Waals surface area contributed by atoms with Gasteiger partial charge >= 0.3 is 0 Å². The summed E-state index contributed by atoms with van der Waals surface area (Å²) in [6, 6.07) is 12.9. The minimum atomic E-state index is -2.48. The minimum absolute atomic E-state index is 0.0949. The molecule has 208 valence electrons. The molecule has 0 spiro atoms. The molecule has 40 heavy (non-hydrogen) atoms. The Bertz CT molecular complexity index is 1530. The number of aliphatic hydroxyl groups is 4. The van der Waals surface area contributed by atoms with Gasteiger partial charge in [0.1, 0.15) is 6.04 Å². The van der Waals surface area contributed by atoms with Crippen molar-refractivity contribution in [3.05, 3.63) is 76.9 Å². The van der Waals surface area contributed by atoms with Crippen molar-refractivity contribution in [2.75, 3.05) is 38.1 Å². The maximum Gasteiger partial charge on any atom is 0.259 e. The summed E-state index contributed by atoms with van der Waals surface area (Å²) < 4.78 is 0. The zero-order chi connectivity index (χ0) is 28.4. The molecule has 0 saturated carbocycles. The van der Waals surface area contributed by atoms with Crippen LogP contribution in [0.1, 0.15) is 39.9 Å². The summed E-state index contributed by atoms with van der Waals surface area (Å²) in [6.45, 7) is 2.30. The smallest absolute Gasteiger partial charge is 0.259 e. The van der Waals surface area contributed by atoms with E-state index in [-0.39, 0.29) is 35.4 Å². The molecule has 1 atom stereocenters. The number of carbonyl (C=O) groups excluding carboxylic acids is 3. The van der Waals surface area contributed by atoms with Gasteiger partial charge in [0.15, 0.2) is 0 Å². The molecule has 2 fully saturated rings. The molecule has 11 heteroatoms. The summed E-state index contributed by atoms with van der Waals surface area (Å²) in [5.74, 6) is -6.03. The number of benzene rings is 3. The topological polar surface area (TPSA) is 154 Å². The van der Waals surface area contributed by atoms with Crippen molar-refractivity contribution in [2.45, 2.75) is 30.6 Å². The molecule has 0 aliphatic carbocycles. The van der Waals surface area contributed by atoms with Crippen LogP contribution in [0.5, 0.6) is 0 Å². The monoisotopic (exact) mass is 546 g/mol. The second-order valence-electron chi connectivity index (χ2n) is 10.7. The molecule has 3 heterocycles. The van der Waals surface area contributed by atoms with E-state index in [0.29, 0.717) is 48.2 Å². The zero-order valence-corrected chi connectivity index (χ0v) is 21.9. The first-order chi connectivity index (χ1) is 19.0. The van der Waals surface area contributed by atoms with Gasteiger partial charge in [-0.2, -0.15) is 0 Å². The predicted molar refractivity (Wildman–Crippen MR) is 144 cm³/mol. The number of hydrogen-bond donors (Lipinski definition) is 5. The van der Waals surface area contributed by atoms with Crippen LogP contribution < -0.4 is 10.2 Å². The van der Waals surface area contributed by atoms with Gasteiger partial charge in [0.2, 0.25) is 17.6 Å². The number of nitrogens with one attached hydrogen (secondary N) is 1. The maximum atomic E-state index is 13.4. The molecule has 11 nitrogen and oxygen atoms in total. The number of amides is 3. The number of likely N-dealkylation sites (N-methyl/N-ethyl adjacent to an activating group) is 1. The number of anilines is 1. The summed E-state index contributed by atoms with van der Waals surface area (Å²) in [5.41, 5.74) is 1.19. The largest absolute Gasteiger partial charge is 0.358 e. The molecular formula is C29H30N4O7. The maximum absolute atomic E-state index is 13.4. The molecule has 3 aromatic carbocycles. The second-order valence-corrected chi connectivity index (χ2v) is 10.7. The van der Waals surface area contributed by atoms with E-state index >= 15 is 0 Å². The van der Waals surface area contributed by atoms with Crippen LogP contribution in [0.15, 0.2) is 54.6 Å². The zero-order valence-electron chi connectivity index (χ0n) is 21.9. The van der Waals surface area contributed by atoms with Crippen LogP contribution in [-0.4, -0.2) is 87.2 Å². The van der Waals surface area contributed by atoms with E-state index in [1.165, 1.54) is 35.2 Å². The lowest BCUT2D eigenvalue weighted by Gasteiger charge is -2.40. The van der Waals surface area contributed by atoms with Gasteiger partial charge in [-0.25, -0.2) is 4.90 Å². The average molecular weight is 547 g/mol. The quantitative estimate of drug-likeness (QED) is 0.222. The number of imide groups is 1. The first kappa shape index (κ1) is 26.5. The third-order valence-corrected chi connectivity index (χ3v) is 8.24. The number of piperazine rings is 1. The molecule has 5 N–H and O–H groups in total. The minimum Gasteiger partial charge on any atom is -0.358 e. The molecule has 3 aliphatic rings. The predicted octanol–water partition coefficient (Wildman–Crippen LogP) is 0.133. The number of nitrogens with zero attached hydrogens (tertiary/aromatic N) is 3. The van der Waals surface area contributed by atoms with E-state index in [0.717, 1.165) is 0 Å². The number of carbonyl (C=O) groups is 3. The van der Waals surface area contributed by atoms with E-state index in [1.54, 1.807) is 29.2 Å². The summed E-state index contributed by atoms with van der Waals surface area (Å²) >= 11 is 0. The van der Waals surface area contributed by atoms with Gasteiger partial charge < -0.3 is 25.3 Å². The van der Waals surface area contributed by atoms with E-state index in [2.05, 4.69) is 10.2 Å². The Kier molecular flexibility index (Phi) is 6.26. The van der Waals surface area contributed by atoms with Crippen molar-refractivity contribution in [1.29, 1.82) is 0 Å². The lowest BCUT2D eigenvalue weighted by molar-refractivity contribution is -0.280. The van der Waals surface area contributed by atoms with Crippen molar-refractivity contribution in [1.82, 2.24) is 15.1 Å². The van der Waals surface area contributed by atoms with Gasteiger partial charge in [-0.05, 0) is 31.0 Å². The number of piperidine rings is 1. The number of rotatable bonds is 5. The molecule has 3 aliphatic heterocycles. The van der Waals surface area contributed by atoms with Crippen LogP contribution in [0.2, 0.25) is 0 Å². The van der Waals surface area contributed by atoms with Crippen molar-refractivity contribution in [3.63, 3.8) is 0 Å². The van der Waals surface area contributed by atoms with Gasteiger partial charge in [0, 0.05) is 60.2 Å². The van der Waals surface area contributed by atoms with Gasteiger partial charge in [-0.15, -0.1) is 0 Å². The number of hydrogen-bond acceptors (Lipinski definition) is 9. The third-order valence-electron chi connectivity index (χ3n) is 8.24. The molecule has 0 radical (unpaired) electrons. The Balaban J connectivity index is 1.35. The van der Waals surface area contributed by atoms with Crippen molar-refractivity contribution >= 4 is 34.2 Å². The van der Waals surface area contributed by atoms with Crippen molar-refractivity contribution < 1.29 is 34.8 Å². The molecule has 0 aromatic heterocycles. The van der Waals surface area contributed by atoms with E-state index < -0.39 is 29.6 Å². The van der Waals surface area contributed by atoms with Crippen LogP contribution in [0.3, 0.4) is 0 Å². The molecule has 3 amide bonds. The molecule has 0 bridgehead atoms. The van der Waals surface area contributed by atoms with Gasteiger partial charge in [-0.3, -0.25) is 24.6 Å². The van der Waals surface area contributed by atoms with Gasteiger partial charge in [0.05, 0.1) is 5.69 Å². The van der Waals surface area contributed by atoms with Crippen LogP contribution in [0.25, 0.3) is 10.8 Å². The lowest BCUT2D eigenvalue weighted by atomic mass is 9.90. The molecule has 2 saturated heterocycles. The summed E-state index contributed by atoms with van der Waals surface area (Å²) in [6.07, 6.45) is 0.303. The molecule has 1 unspecified atom stereocenters. The summed E-state index contributed by atoms with van der Waals surface area (Å²) in [5, 5.41) is 47.7. The fourth-order valence-corrected chi connectivity index (χ4v) is 5.93. The highest BCUT2D eigenvalue weighted by molar-refractivity contribution is 6.27. The first-order valence-corrected chi connectivity index (χ1v) is 13.2. The lowest BCUT2D eigenvalue weighted by Crippen LogP contribution is -2.54. The Morgan fingerprint density at radius 1 is 0.850 bits per heavy atom. The molecule has 3 aromatic rings. The highest BCUT2D eigenvalue weighted by Gasteiger charge is 2.42. The summed E-state index contributed by atoms with van der Waals surface area (Å²) in [4.78, 5) is 42.7. The fraction of sp³-hybridized carbons (Fsp3) is 0.345. The Hall–Kier alpha value is -3.71. The average Bonchev–Trinajstić information content (AvgIpc) is 3.22. The molecular weight excluding hydrogens is 516 g/mol. The first-order valence-electron chi connectivity index (χ1n) is 13.2. The highest BCUT2D eigenvalue weighted by atomic mass is 16.5. The van der Waals surface area contributed by atoms with Crippen LogP contribution >= 0.6 is 0 Å². The van der Waals surface area contributed by atoms with Crippen molar-refractivity contribution in [2.24, 2.45) is 0 Å². The SMILES string of the molecule is CN1CCN(C(O)(O)c2ccc(C(O)(O)c3ccc4c5c(cccc35)C(=O)N4C3CCC(=O)NC3=O)cc2)CC1. The Morgan fingerprint density at radius 2 is 1.52 bits per heavy atom.